The Labute approximate surface area is 141 Å². The number of hydrogen-bond donors (Lipinski definition) is 1. The van der Waals surface area contributed by atoms with Gasteiger partial charge in [-0.2, -0.15) is 0 Å². The maximum Gasteiger partial charge on any atom is 0.226 e. The lowest BCUT2D eigenvalue weighted by Crippen LogP contribution is -2.30. The van der Waals surface area contributed by atoms with Gasteiger partial charge in [0.2, 0.25) is 5.91 Å². The van der Waals surface area contributed by atoms with E-state index in [0.717, 1.165) is 37.6 Å². The van der Waals surface area contributed by atoms with Crippen molar-refractivity contribution >= 4 is 22.4 Å². The fourth-order valence-electron chi connectivity index (χ4n) is 2.89. The zero-order valence-electron chi connectivity index (χ0n) is 13.5. The number of thiazole rings is 1. The van der Waals surface area contributed by atoms with E-state index in [1.807, 2.05) is 18.2 Å². The van der Waals surface area contributed by atoms with Gasteiger partial charge in [0.25, 0.3) is 0 Å². The standard InChI is InChI=1S/C18H23N3OS/c1-2-11-21-12-10-15-16(13-21)23-18(19-15)20-17(22)9-8-14-6-4-3-5-7-14/h3-7H,2,8-13H2,1H3,(H,19,20,22). The van der Waals surface area contributed by atoms with Crippen molar-refractivity contribution in [3.8, 4) is 0 Å². The molecule has 1 N–H and O–H groups in total. The molecule has 0 bridgehead atoms. The van der Waals surface area contributed by atoms with Gasteiger partial charge in [0.1, 0.15) is 0 Å². The molecule has 122 valence electrons. The Morgan fingerprint density at radius 2 is 2.17 bits per heavy atom. The van der Waals surface area contributed by atoms with Crippen LogP contribution in [0, 0.1) is 0 Å². The summed E-state index contributed by atoms with van der Waals surface area (Å²) in [5.74, 6) is 0.0466. The molecule has 0 fully saturated rings. The quantitative estimate of drug-likeness (QED) is 0.882. The molecule has 4 nitrogen and oxygen atoms in total. The molecule has 0 unspecified atom stereocenters. The zero-order valence-corrected chi connectivity index (χ0v) is 14.4. The van der Waals surface area contributed by atoms with E-state index >= 15 is 0 Å². The summed E-state index contributed by atoms with van der Waals surface area (Å²) < 4.78 is 0. The van der Waals surface area contributed by atoms with E-state index in [2.05, 4.69) is 34.3 Å². The van der Waals surface area contributed by atoms with Crippen LogP contribution >= 0.6 is 11.3 Å². The molecule has 1 amide bonds. The van der Waals surface area contributed by atoms with Gasteiger partial charge >= 0.3 is 0 Å². The largest absolute Gasteiger partial charge is 0.302 e. The first-order valence-corrected chi connectivity index (χ1v) is 9.11. The van der Waals surface area contributed by atoms with Gasteiger partial charge in [0.05, 0.1) is 5.69 Å². The minimum Gasteiger partial charge on any atom is -0.302 e. The molecule has 1 aliphatic rings. The van der Waals surface area contributed by atoms with Crippen LogP contribution in [0.1, 0.15) is 35.9 Å². The molecule has 0 radical (unpaired) electrons. The third kappa shape index (κ3) is 4.39. The van der Waals surface area contributed by atoms with E-state index in [-0.39, 0.29) is 5.91 Å². The number of nitrogens with zero attached hydrogens (tertiary/aromatic N) is 2. The van der Waals surface area contributed by atoms with Crippen molar-refractivity contribution in [2.75, 3.05) is 18.4 Å². The number of rotatable bonds is 6. The second-order valence-electron chi connectivity index (χ2n) is 5.95. The Kier molecular flexibility index (Phi) is 5.41. The lowest BCUT2D eigenvalue weighted by atomic mass is 10.1. The molecule has 23 heavy (non-hydrogen) atoms. The van der Waals surface area contributed by atoms with Crippen LogP contribution in [-0.4, -0.2) is 28.9 Å². The molecule has 1 aliphatic heterocycles. The number of carbonyl (C=O) groups excluding carboxylic acids is 1. The summed E-state index contributed by atoms with van der Waals surface area (Å²) in [6.07, 6.45) is 3.43. The first-order valence-electron chi connectivity index (χ1n) is 8.29. The predicted molar refractivity (Wildman–Crippen MR) is 94.8 cm³/mol. The van der Waals surface area contributed by atoms with E-state index in [1.54, 1.807) is 11.3 Å². The molecule has 0 spiro atoms. The molecule has 1 aromatic carbocycles. The number of hydrogen-bond acceptors (Lipinski definition) is 4. The minimum atomic E-state index is 0.0466. The van der Waals surface area contributed by atoms with Crippen molar-refractivity contribution in [3.05, 3.63) is 46.5 Å². The average molecular weight is 329 g/mol. The van der Waals surface area contributed by atoms with Crippen molar-refractivity contribution in [1.29, 1.82) is 0 Å². The fraction of sp³-hybridized carbons (Fsp3) is 0.444. The average Bonchev–Trinajstić information content (AvgIpc) is 2.95. The molecular weight excluding hydrogens is 306 g/mol. The summed E-state index contributed by atoms with van der Waals surface area (Å²) in [5.41, 5.74) is 2.36. The Balaban J connectivity index is 1.53. The lowest BCUT2D eigenvalue weighted by Gasteiger charge is -2.24. The number of carbonyl (C=O) groups is 1. The summed E-state index contributed by atoms with van der Waals surface area (Å²) >= 11 is 1.63. The highest BCUT2D eigenvalue weighted by molar-refractivity contribution is 7.15. The maximum atomic E-state index is 12.1. The van der Waals surface area contributed by atoms with Crippen LogP contribution in [-0.2, 0) is 24.2 Å². The van der Waals surface area contributed by atoms with Gasteiger partial charge in [-0.3, -0.25) is 9.69 Å². The van der Waals surface area contributed by atoms with Gasteiger partial charge in [-0.05, 0) is 24.9 Å². The smallest absolute Gasteiger partial charge is 0.226 e. The monoisotopic (exact) mass is 329 g/mol. The van der Waals surface area contributed by atoms with Gasteiger partial charge < -0.3 is 5.32 Å². The molecule has 2 heterocycles. The number of amides is 1. The highest BCUT2D eigenvalue weighted by Crippen LogP contribution is 2.28. The summed E-state index contributed by atoms with van der Waals surface area (Å²) in [7, 11) is 0. The van der Waals surface area contributed by atoms with Crippen molar-refractivity contribution in [2.24, 2.45) is 0 Å². The number of fused-ring (bicyclic) bond motifs is 1. The Bertz CT molecular complexity index is 654. The maximum absolute atomic E-state index is 12.1. The highest BCUT2D eigenvalue weighted by atomic mass is 32.1. The Morgan fingerprint density at radius 1 is 1.35 bits per heavy atom. The molecule has 0 aliphatic carbocycles. The topological polar surface area (TPSA) is 45.2 Å². The summed E-state index contributed by atoms with van der Waals surface area (Å²) in [5, 5.41) is 3.72. The number of benzene rings is 1. The number of anilines is 1. The van der Waals surface area contributed by atoms with E-state index in [9.17, 15) is 4.79 Å². The lowest BCUT2D eigenvalue weighted by molar-refractivity contribution is -0.116. The summed E-state index contributed by atoms with van der Waals surface area (Å²) in [6.45, 7) is 5.39. The SMILES string of the molecule is CCCN1CCc2nc(NC(=O)CCc3ccccc3)sc2C1. The van der Waals surface area contributed by atoms with Crippen LogP contribution in [0.25, 0.3) is 0 Å². The van der Waals surface area contributed by atoms with Crippen LogP contribution < -0.4 is 5.32 Å². The zero-order chi connectivity index (χ0) is 16.1. The van der Waals surface area contributed by atoms with E-state index in [1.165, 1.54) is 22.6 Å². The number of aromatic nitrogens is 1. The Hall–Kier alpha value is -1.72. The van der Waals surface area contributed by atoms with Crippen molar-refractivity contribution in [1.82, 2.24) is 9.88 Å². The molecule has 1 aromatic heterocycles. The van der Waals surface area contributed by atoms with Gasteiger partial charge in [-0.25, -0.2) is 4.98 Å². The molecular formula is C18H23N3OS. The normalized spacial score (nSPS) is 14.5. The minimum absolute atomic E-state index is 0.0466. The molecule has 3 rings (SSSR count). The number of aryl methyl sites for hydroxylation is 1. The molecule has 5 heteroatoms. The molecule has 0 saturated carbocycles. The van der Waals surface area contributed by atoms with E-state index in [0.29, 0.717) is 6.42 Å². The van der Waals surface area contributed by atoms with E-state index in [4.69, 9.17) is 0 Å². The predicted octanol–water partition coefficient (Wildman–Crippen LogP) is 3.48. The molecule has 0 saturated heterocycles. The summed E-state index contributed by atoms with van der Waals surface area (Å²) in [4.78, 5) is 20.5. The van der Waals surface area contributed by atoms with Crippen LogP contribution in [0.15, 0.2) is 30.3 Å². The van der Waals surface area contributed by atoms with Gasteiger partial charge in [0, 0.05) is 30.8 Å². The van der Waals surface area contributed by atoms with Crippen molar-refractivity contribution in [3.63, 3.8) is 0 Å². The van der Waals surface area contributed by atoms with Crippen molar-refractivity contribution in [2.45, 2.75) is 39.2 Å². The van der Waals surface area contributed by atoms with E-state index < -0.39 is 0 Å². The molecule has 0 atom stereocenters. The third-order valence-corrected chi connectivity index (χ3v) is 5.08. The second kappa shape index (κ2) is 7.70. The van der Waals surface area contributed by atoms with Crippen LogP contribution in [0.5, 0.6) is 0 Å². The molecule has 2 aromatic rings. The van der Waals surface area contributed by atoms with Crippen LogP contribution in [0.3, 0.4) is 0 Å². The van der Waals surface area contributed by atoms with Gasteiger partial charge in [-0.1, -0.05) is 37.3 Å². The first kappa shape index (κ1) is 16.1. The number of nitrogens with one attached hydrogen (secondary N) is 1. The van der Waals surface area contributed by atoms with Crippen LogP contribution in [0.2, 0.25) is 0 Å². The fourth-order valence-corrected chi connectivity index (χ4v) is 3.96. The first-order chi connectivity index (χ1) is 11.2. The second-order valence-corrected chi connectivity index (χ2v) is 7.03. The Morgan fingerprint density at radius 3 is 2.96 bits per heavy atom. The third-order valence-electron chi connectivity index (χ3n) is 4.08. The highest BCUT2D eigenvalue weighted by Gasteiger charge is 2.20. The van der Waals surface area contributed by atoms with Gasteiger partial charge in [-0.15, -0.1) is 11.3 Å². The van der Waals surface area contributed by atoms with Crippen molar-refractivity contribution < 1.29 is 4.79 Å². The van der Waals surface area contributed by atoms with Gasteiger partial charge in [0.15, 0.2) is 5.13 Å². The summed E-state index contributed by atoms with van der Waals surface area (Å²) in [6, 6.07) is 10.1. The van der Waals surface area contributed by atoms with Crippen LogP contribution in [0.4, 0.5) is 5.13 Å².